The summed E-state index contributed by atoms with van der Waals surface area (Å²) in [7, 11) is 0. The Balaban J connectivity index is 1.45. The van der Waals surface area contributed by atoms with E-state index in [1.807, 2.05) is 31.2 Å². The molecule has 0 heterocycles. The highest BCUT2D eigenvalue weighted by Gasteiger charge is 2.27. The zero-order valence-corrected chi connectivity index (χ0v) is 15.1. The van der Waals surface area contributed by atoms with E-state index in [0.29, 0.717) is 6.04 Å². The van der Waals surface area contributed by atoms with Crippen LogP contribution < -0.4 is 10.6 Å². The average Bonchev–Trinajstić information content (AvgIpc) is 2.68. The fourth-order valence-corrected chi connectivity index (χ4v) is 3.95. The van der Waals surface area contributed by atoms with Gasteiger partial charge in [0.25, 0.3) is 5.91 Å². The number of nitrogens with two attached hydrogens (primary N) is 1. The third-order valence-corrected chi connectivity index (χ3v) is 5.37. The van der Waals surface area contributed by atoms with Gasteiger partial charge >= 0.3 is 0 Å². The molecule has 1 aliphatic carbocycles. The van der Waals surface area contributed by atoms with Gasteiger partial charge in [0.15, 0.2) is 6.04 Å². The van der Waals surface area contributed by atoms with Crippen molar-refractivity contribution in [3.05, 3.63) is 77.9 Å². The van der Waals surface area contributed by atoms with E-state index in [9.17, 15) is 4.79 Å². The standard InChI is InChI=1S/C23H24N2O/c1-16(24-22-12-6-10-18-8-4-5-11-21(18)22)23(26)25-20-14-13-17-7-2-3-9-19(17)15-20/h2-5,7-9,11,13-16,22,24H,6,10,12H2,1H3,(H,25,26)/p+1/t16-,22-/m0/s1. The summed E-state index contributed by atoms with van der Waals surface area (Å²) in [6.07, 6.45) is 3.47. The van der Waals surface area contributed by atoms with Crippen LogP contribution in [0.15, 0.2) is 66.7 Å². The lowest BCUT2D eigenvalue weighted by Gasteiger charge is -2.26. The molecule has 3 heteroatoms. The van der Waals surface area contributed by atoms with E-state index in [1.165, 1.54) is 22.9 Å². The highest BCUT2D eigenvalue weighted by atomic mass is 16.2. The second kappa shape index (κ2) is 7.30. The minimum atomic E-state index is -0.127. The predicted octanol–water partition coefficient (Wildman–Crippen LogP) is 3.81. The molecule has 1 amide bonds. The predicted molar refractivity (Wildman–Crippen MR) is 106 cm³/mol. The Kier molecular flexibility index (Phi) is 4.72. The maximum atomic E-state index is 12.7. The minimum Gasteiger partial charge on any atom is -0.330 e. The highest BCUT2D eigenvalue weighted by Crippen LogP contribution is 2.26. The number of carbonyl (C=O) groups excluding carboxylic acids is 1. The van der Waals surface area contributed by atoms with Crippen molar-refractivity contribution in [2.45, 2.75) is 38.3 Å². The molecule has 3 aromatic rings. The van der Waals surface area contributed by atoms with Gasteiger partial charge < -0.3 is 10.6 Å². The molecule has 4 rings (SSSR count). The van der Waals surface area contributed by atoms with Crippen LogP contribution >= 0.6 is 0 Å². The topological polar surface area (TPSA) is 45.7 Å². The van der Waals surface area contributed by atoms with Crippen molar-refractivity contribution >= 4 is 22.4 Å². The second-order valence-corrected chi connectivity index (χ2v) is 7.23. The summed E-state index contributed by atoms with van der Waals surface area (Å²) in [5.41, 5.74) is 3.68. The second-order valence-electron chi connectivity index (χ2n) is 7.23. The quantitative estimate of drug-likeness (QED) is 0.742. The smallest absolute Gasteiger partial charge is 0.282 e. The highest BCUT2D eigenvalue weighted by molar-refractivity contribution is 5.96. The van der Waals surface area contributed by atoms with Gasteiger partial charge in [-0.2, -0.15) is 0 Å². The zero-order valence-electron chi connectivity index (χ0n) is 15.1. The van der Waals surface area contributed by atoms with Crippen LogP contribution in [-0.2, 0) is 11.2 Å². The van der Waals surface area contributed by atoms with Crippen LogP contribution in [0.1, 0.15) is 36.9 Å². The molecule has 0 spiro atoms. The van der Waals surface area contributed by atoms with E-state index in [1.54, 1.807) is 0 Å². The van der Waals surface area contributed by atoms with Crippen LogP contribution in [0.25, 0.3) is 10.8 Å². The van der Waals surface area contributed by atoms with Crippen molar-refractivity contribution in [2.24, 2.45) is 0 Å². The first-order chi connectivity index (χ1) is 12.7. The minimum absolute atomic E-state index is 0.0586. The van der Waals surface area contributed by atoms with Gasteiger partial charge in [-0.05, 0) is 48.2 Å². The fourth-order valence-electron chi connectivity index (χ4n) is 3.95. The zero-order chi connectivity index (χ0) is 17.9. The SMILES string of the molecule is C[C@H]([NH2+][C@H]1CCCc2ccccc21)C(=O)Nc1ccc2ccccc2c1. The lowest BCUT2D eigenvalue weighted by Crippen LogP contribution is -2.92. The summed E-state index contributed by atoms with van der Waals surface area (Å²) in [6.45, 7) is 1.99. The van der Waals surface area contributed by atoms with Gasteiger partial charge in [0.05, 0.1) is 0 Å². The van der Waals surface area contributed by atoms with Crippen LogP contribution in [0.4, 0.5) is 5.69 Å². The van der Waals surface area contributed by atoms with Crippen LogP contribution in [0.2, 0.25) is 0 Å². The van der Waals surface area contributed by atoms with E-state index in [0.717, 1.165) is 23.9 Å². The van der Waals surface area contributed by atoms with Gasteiger partial charge in [-0.15, -0.1) is 0 Å². The number of anilines is 1. The number of fused-ring (bicyclic) bond motifs is 2. The normalized spacial score (nSPS) is 17.5. The number of rotatable bonds is 4. The van der Waals surface area contributed by atoms with Crippen LogP contribution in [-0.4, -0.2) is 11.9 Å². The third kappa shape index (κ3) is 3.49. The molecule has 0 bridgehead atoms. The molecular weight excluding hydrogens is 320 g/mol. The number of nitrogens with one attached hydrogen (secondary N) is 1. The summed E-state index contributed by atoms with van der Waals surface area (Å²) >= 11 is 0. The van der Waals surface area contributed by atoms with Gasteiger partial charge in [0, 0.05) is 17.7 Å². The van der Waals surface area contributed by atoms with Gasteiger partial charge in [0.1, 0.15) is 6.04 Å². The first kappa shape index (κ1) is 16.8. The summed E-state index contributed by atoms with van der Waals surface area (Å²) in [5.74, 6) is 0.0586. The Morgan fingerprint density at radius 1 is 1.04 bits per heavy atom. The van der Waals surface area contributed by atoms with E-state index < -0.39 is 0 Å². The molecule has 3 nitrogen and oxygen atoms in total. The van der Waals surface area contributed by atoms with Gasteiger partial charge in [0.2, 0.25) is 0 Å². The molecule has 0 unspecified atom stereocenters. The molecule has 3 aromatic carbocycles. The number of amides is 1. The number of quaternary nitrogens is 1. The largest absolute Gasteiger partial charge is 0.330 e. The maximum Gasteiger partial charge on any atom is 0.282 e. The molecular formula is C23H25N2O+. The molecule has 0 fully saturated rings. The van der Waals surface area contributed by atoms with Crippen LogP contribution in [0.5, 0.6) is 0 Å². The molecule has 0 saturated heterocycles. The molecule has 0 radical (unpaired) electrons. The van der Waals surface area contributed by atoms with Crippen molar-refractivity contribution in [1.82, 2.24) is 0 Å². The third-order valence-electron chi connectivity index (χ3n) is 5.37. The van der Waals surface area contributed by atoms with Crippen molar-refractivity contribution in [1.29, 1.82) is 0 Å². The number of hydrogen-bond acceptors (Lipinski definition) is 1. The van der Waals surface area contributed by atoms with E-state index in [-0.39, 0.29) is 11.9 Å². The molecule has 132 valence electrons. The average molecular weight is 345 g/mol. The lowest BCUT2D eigenvalue weighted by atomic mass is 9.87. The fraction of sp³-hybridized carbons (Fsp3) is 0.261. The summed E-state index contributed by atoms with van der Waals surface area (Å²) in [4.78, 5) is 12.7. The Morgan fingerprint density at radius 3 is 2.69 bits per heavy atom. The first-order valence-corrected chi connectivity index (χ1v) is 9.43. The monoisotopic (exact) mass is 345 g/mol. The van der Waals surface area contributed by atoms with Gasteiger partial charge in [-0.25, -0.2) is 0 Å². The Morgan fingerprint density at radius 2 is 1.81 bits per heavy atom. The van der Waals surface area contributed by atoms with E-state index >= 15 is 0 Å². The molecule has 0 saturated carbocycles. The molecule has 2 atom stereocenters. The Hall–Kier alpha value is -2.65. The van der Waals surface area contributed by atoms with E-state index in [2.05, 4.69) is 53.1 Å². The van der Waals surface area contributed by atoms with Crippen molar-refractivity contribution in [3.63, 3.8) is 0 Å². The van der Waals surface area contributed by atoms with Crippen molar-refractivity contribution in [3.8, 4) is 0 Å². The number of benzene rings is 3. The van der Waals surface area contributed by atoms with Crippen molar-refractivity contribution in [2.75, 3.05) is 5.32 Å². The number of hydrogen-bond donors (Lipinski definition) is 2. The Labute approximate surface area is 154 Å². The summed E-state index contributed by atoms with van der Waals surface area (Å²) in [6, 6.07) is 23.1. The number of aryl methyl sites for hydroxylation is 1. The lowest BCUT2D eigenvalue weighted by molar-refractivity contribution is -0.714. The molecule has 1 aliphatic rings. The molecule has 26 heavy (non-hydrogen) atoms. The number of carbonyl (C=O) groups is 1. The molecule has 3 N–H and O–H groups in total. The van der Waals surface area contributed by atoms with Crippen LogP contribution in [0, 0.1) is 0 Å². The summed E-state index contributed by atoms with van der Waals surface area (Å²) < 4.78 is 0. The van der Waals surface area contributed by atoms with E-state index in [4.69, 9.17) is 0 Å². The molecule has 0 aromatic heterocycles. The maximum absolute atomic E-state index is 12.7. The summed E-state index contributed by atoms with van der Waals surface area (Å²) in [5, 5.41) is 7.62. The Bertz CT molecular complexity index is 934. The van der Waals surface area contributed by atoms with Crippen molar-refractivity contribution < 1.29 is 10.1 Å². The molecule has 0 aliphatic heterocycles. The van der Waals surface area contributed by atoms with Crippen LogP contribution in [0.3, 0.4) is 0 Å². The first-order valence-electron chi connectivity index (χ1n) is 9.43. The van der Waals surface area contributed by atoms with Gasteiger partial charge in [-0.1, -0.05) is 54.6 Å². The van der Waals surface area contributed by atoms with Gasteiger partial charge in [-0.3, -0.25) is 4.79 Å².